The van der Waals surface area contributed by atoms with Gasteiger partial charge < -0.3 is 10.3 Å². The van der Waals surface area contributed by atoms with E-state index in [4.69, 9.17) is 5.73 Å². The minimum atomic E-state index is -3.53. The molecule has 0 saturated carbocycles. The van der Waals surface area contributed by atoms with Crippen LogP contribution in [0.15, 0.2) is 11.2 Å². The number of imidazole rings is 1. The summed E-state index contributed by atoms with van der Waals surface area (Å²) in [4.78, 5) is 4.30. The van der Waals surface area contributed by atoms with E-state index in [1.165, 1.54) is 4.31 Å². The lowest BCUT2D eigenvalue weighted by Crippen LogP contribution is -2.39. The fourth-order valence-corrected chi connectivity index (χ4v) is 3.74. The number of fused-ring (bicyclic) bond motifs is 1. The van der Waals surface area contributed by atoms with Gasteiger partial charge in [0.15, 0.2) is 5.03 Å². The maximum atomic E-state index is 12.6. The lowest BCUT2D eigenvalue weighted by molar-refractivity contribution is 0.291. The van der Waals surface area contributed by atoms with Crippen molar-refractivity contribution in [2.75, 3.05) is 20.1 Å². The van der Waals surface area contributed by atoms with E-state index in [0.29, 0.717) is 13.1 Å². The number of nitrogens with two attached hydrogens (primary N) is 1. The van der Waals surface area contributed by atoms with E-state index < -0.39 is 10.0 Å². The zero-order chi connectivity index (χ0) is 15.0. The molecule has 1 aliphatic heterocycles. The van der Waals surface area contributed by atoms with Crippen molar-refractivity contribution in [3.05, 3.63) is 12.0 Å². The van der Waals surface area contributed by atoms with E-state index in [9.17, 15) is 8.42 Å². The standard InChI is InChI=1S/C13H24N4O2S.ClH/c1-13(2,9-14)10-16(3)20(18,19)12-8-17-7-5-4-6-11(17)15-12;/h8H,4-7,9-10,14H2,1-3H3;1H. The van der Waals surface area contributed by atoms with Crippen LogP contribution in [0.4, 0.5) is 0 Å². The Labute approximate surface area is 133 Å². The second-order valence-corrected chi connectivity index (χ2v) is 8.27. The molecule has 0 atom stereocenters. The molecule has 0 aromatic carbocycles. The third-order valence-electron chi connectivity index (χ3n) is 3.76. The largest absolute Gasteiger partial charge is 0.333 e. The highest BCUT2D eigenvalue weighted by Gasteiger charge is 2.30. The van der Waals surface area contributed by atoms with Crippen molar-refractivity contribution in [1.82, 2.24) is 13.9 Å². The molecular weight excluding hydrogens is 312 g/mol. The van der Waals surface area contributed by atoms with Crippen LogP contribution in [0.3, 0.4) is 0 Å². The minimum Gasteiger partial charge on any atom is -0.333 e. The highest BCUT2D eigenvalue weighted by atomic mass is 35.5. The van der Waals surface area contributed by atoms with Crippen molar-refractivity contribution in [1.29, 1.82) is 0 Å². The first-order chi connectivity index (χ1) is 9.26. The maximum absolute atomic E-state index is 12.6. The second-order valence-electron chi connectivity index (χ2n) is 6.28. The summed E-state index contributed by atoms with van der Waals surface area (Å²) >= 11 is 0. The Balaban J connectivity index is 0.00000220. The van der Waals surface area contributed by atoms with Gasteiger partial charge in [-0.05, 0) is 24.8 Å². The van der Waals surface area contributed by atoms with Gasteiger partial charge >= 0.3 is 0 Å². The van der Waals surface area contributed by atoms with Gasteiger partial charge in [-0.15, -0.1) is 12.4 Å². The zero-order valence-corrected chi connectivity index (χ0v) is 14.5. The van der Waals surface area contributed by atoms with Gasteiger partial charge in [-0.1, -0.05) is 13.8 Å². The van der Waals surface area contributed by atoms with Crippen LogP contribution in [0.1, 0.15) is 32.5 Å². The average molecular weight is 337 g/mol. The monoisotopic (exact) mass is 336 g/mol. The van der Waals surface area contributed by atoms with Crippen molar-refractivity contribution >= 4 is 22.4 Å². The quantitative estimate of drug-likeness (QED) is 0.877. The number of aryl methyl sites for hydroxylation is 2. The summed E-state index contributed by atoms with van der Waals surface area (Å²) in [6, 6.07) is 0. The molecule has 8 heteroatoms. The molecule has 21 heavy (non-hydrogen) atoms. The van der Waals surface area contributed by atoms with Gasteiger partial charge in [0, 0.05) is 32.8 Å². The highest BCUT2D eigenvalue weighted by Crippen LogP contribution is 2.22. The van der Waals surface area contributed by atoms with Gasteiger partial charge in [-0.25, -0.2) is 13.4 Å². The predicted octanol–water partition coefficient (Wildman–Crippen LogP) is 1.25. The summed E-state index contributed by atoms with van der Waals surface area (Å²) < 4.78 is 28.4. The molecule has 6 nitrogen and oxygen atoms in total. The molecule has 1 aromatic heterocycles. The molecule has 0 spiro atoms. The first-order valence-corrected chi connectivity index (χ1v) is 8.43. The van der Waals surface area contributed by atoms with E-state index >= 15 is 0 Å². The number of halogens is 1. The normalized spacial score (nSPS) is 15.7. The number of nitrogens with zero attached hydrogens (tertiary/aromatic N) is 3. The molecule has 1 aromatic rings. The first kappa shape index (κ1) is 18.4. The molecule has 2 N–H and O–H groups in total. The number of rotatable bonds is 5. The molecule has 0 amide bonds. The summed E-state index contributed by atoms with van der Waals surface area (Å²) in [5.41, 5.74) is 5.43. The smallest absolute Gasteiger partial charge is 0.261 e. The summed E-state index contributed by atoms with van der Waals surface area (Å²) in [7, 11) is -1.94. The third-order valence-corrected chi connectivity index (χ3v) is 5.44. The lowest BCUT2D eigenvalue weighted by Gasteiger charge is -2.27. The molecule has 0 fully saturated rings. The minimum absolute atomic E-state index is 0. The summed E-state index contributed by atoms with van der Waals surface area (Å²) in [6.07, 6.45) is 4.68. The Kier molecular flexibility index (Phi) is 5.83. The van der Waals surface area contributed by atoms with E-state index in [1.54, 1.807) is 13.2 Å². The van der Waals surface area contributed by atoms with Crippen molar-refractivity contribution in [3.8, 4) is 0 Å². The zero-order valence-electron chi connectivity index (χ0n) is 12.9. The Hall–Kier alpha value is -0.630. The third kappa shape index (κ3) is 3.97. The number of aromatic nitrogens is 2. The molecule has 0 aliphatic carbocycles. The number of hydrogen-bond donors (Lipinski definition) is 1. The fraction of sp³-hybridized carbons (Fsp3) is 0.769. The van der Waals surface area contributed by atoms with E-state index in [1.807, 2.05) is 18.4 Å². The van der Waals surface area contributed by atoms with Crippen LogP contribution in [0, 0.1) is 5.41 Å². The Morgan fingerprint density at radius 3 is 2.67 bits per heavy atom. The molecule has 0 radical (unpaired) electrons. The summed E-state index contributed by atoms with van der Waals surface area (Å²) in [6.45, 7) is 5.59. The predicted molar refractivity (Wildman–Crippen MR) is 85.1 cm³/mol. The molecule has 0 saturated heterocycles. The van der Waals surface area contributed by atoms with Crippen LogP contribution in [0.2, 0.25) is 0 Å². The van der Waals surface area contributed by atoms with Gasteiger partial charge in [-0.3, -0.25) is 0 Å². The number of sulfonamides is 1. The van der Waals surface area contributed by atoms with Crippen LogP contribution in [0.5, 0.6) is 0 Å². The fourth-order valence-electron chi connectivity index (χ4n) is 2.42. The SMILES string of the molecule is CN(CC(C)(C)CN)S(=O)(=O)c1cn2c(n1)CCCC2.Cl. The molecule has 2 rings (SSSR count). The van der Waals surface area contributed by atoms with Gasteiger partial charge in [0.1, 0.15) is 5.82 Å². The Morgan fingerprint density at radius 1 is 1.43 bits per heavy atom. The Morgan fingerprint density at radius 2 is 2.10 bits per heavy atom. The second kappa shape index (κ2) is 6.64. The van der Waals surface area contributed by atoms with Crippen molar-refractivity contribution < 1.29 is 8.42 Å². The molecular formula is C13H25ClN4O2S. The van der Waals surface area contributed by atoms with E-state index in [2.05, 4.69) is 4.98 Å². The van der Waals surface area contributed by atoms with Crippen LogP contribution < -0.4 is 5.73 Å². The van der Waals surface area contributed by atoms with E-state index in [0.717, 1.165) is 31.6 Å². The van der Waals surface area contributed by atoms with Gasteiger partial charge in [0.25, 0.3) is 10.0 Å². The van der Waals surface area contributed by atoms with Crippen LogP contribution >= 0.6 is 12.4 Å². The summed E-state index contributed by atoms with van der Waals surface area (Å²) in [5.74, 6) is 0.876. The van der Waals surface area contributed by atoms with Crippen LogP contribution in [0.25, 0.3) is 0 Å². The molecule has 2 heterocycles. The van der Waals surface area contributed by atoms with Gasteiger partial charge in [0.2, 0.25) is 0 Å². The van der Waals surface area contributed by atoms with Crippen molar-refractivity contribution in [3.63, 3.8) is 0 Å². The molecule has 0 unspecified atom stereocenters. The topological polar surface area (TPSA) is 81.2 Å². The highest BCUT2D eigenvalue weighted by molar-refractivity contribution is 7.89. The average Bonchev–Trinajstić information content (AvgIpc) is 2.82. The molecule has 1 aliphatic rings. The van der Waals surface area contributed by atoms with Crippen LogP contribution in [-0.4, -0.2) is 42.4 Å². The van der Waals surface area contributed by atoms with E-state index in [-0.39, 0.29) is 22.8 Å². The molecule has 0 bridgehead atoms. The lowest BCUT2D eigenvalue weighted by atomic mass is 9.94. The van der Waals surface area contributed by atoms with Crippen molar-refractivity contribution in [2.24, 2.45) is 11.1 Å². The molecule has 122 valence electrons. The maximum Gasteiger partial charge on any atom is 0.261 e. The number of hydrogen-bond acceptors (Lipinski definition) is 4. The van der Waals surface area contributed by atoms with Gasteiger partial charge in [0.05, 0.1) is 0 Å². The van der Waals surface area contributed by atoms with Crippen molar-refractivity contribution in [2.45, 2.75) is 44.7 Å². The first-order valence-electron chi connectivity index (χ1n) is 6.99. The summed E-state index contributed by atoms with van der Waals surface area (Å²) in [5, 5.41) is 0.157. The van der Waals surface area contributed by atoms with Crippen LogP contribution in [-0.2, 0) is 23.0 Å². The van der Waals surface area contributed by atoms with Gasteiger partial charge in [-0.2, -0.15) is 4.31 Å². The Bertz CT molecular complexity index is 559.